The molecule has 0 atom stereocenters. The molecule has 0 aliphatic rings. The second kappa shape index (κ2) is 4.25. The van der Waals surface area contributed by atoms with Gasteiger partial charge >= 0.3 is 0 Å². The molecule has 0 saturated carbocycles. The summed E-state index contributed by atoms with van der Waals surface area (Å²) in [7, 11) is 0. The van der Waals surface area contributed by atoms with Gasteiger partial charge in [-0.15, -0.1) is 0 Å². The van der Waals surface area contributed by atoms with Crippen molar-refractivity contribution in [3.05, 3.63) is 58.3 Å². The first-order valence-corrected chi connectivity index (χ1v) is 6.21. The van der Waals surface area contributed by atoms with Crippen molar-refractivity contribution in [3.63, 3.8) is 0 Å². The highest BCUT2D eigenvalue weighted by atomic mass is 16.1. The molecule has 0 aliphatic heterocycles. The van der Waals surface area contributed by atoms with E-state index in [1.165, 1.54) is 0 Å². The van der Waals surface area contributed by atoms with E-state index in [0.717, 1.165) is 17.6 Å². The summed E-state index contributed by atoms with van der Waals surface area (Å²) in [5.41, 5.74) is 2.33. The summed E-state index contributed by atoms with van der Waals surface area (Å²) >= 11 is 0. The molecule has 3 rings (SSSR count). The lowest BCUT2D eigenvalue weighted by Crippen LogP contribution is -2.10. The Morgan fingerprint density at radius 2 is 1.84 bits per heavy atom. The number of pyridine rings is 1. The molecule has 19 heavy (non-hydrogen) atoms. The van der Waals surface area contributed by atoms with Gasteiger partial charge in [0.2, 0.25) is 0 Å². The molecule has 0 spiro atoms. The summed E-state index contributed by atoms with van der Waals surface area (Å²) in [6.07, 6.45) is 0. The molecule has 3 heteroatoms. The van der Waals surface area contributed by atoms with Crippen molar-refractivity contribution < 1.29 is 0 Å². The molecule has 2 aromatic carbocycles. The lowest BCUT2D eigenvalue weighted by atomic mass is 10.1. The number of hydrogen-bond acceptors (Lipinski definition) is 2. The number of para-hydroxylation sites is 1. The summed E-state index contributed by atoms with van der Waals surface area (Å²) in [4.78, 5) is 12.5. The zero-order valence-corrected chi connectivity index (χ0v) is 10.6. The summed E-state index contributed by atoms with van der Waals surface area (Å²) in [5, 5.41) is 10.3. The number of benzene rings is 2. The average molecular weight is 248 g/mol. The third-order valence-electron chi connectivity index (χ3n) is 3.42. The first-order chi connectivity index (χ1) is 9.26. The SMILES string of the molecule is CCn1c2ccccc2c(=O)c2cc(C#N)ccc21. The maximum Gasteiger partial charge on any atom is 0.197 e. The number of nitrogens with zero attached hydrogens (tertiary/aromatic N) is 2. The monoisotopic (exact) mass is 248 g/mol. The van der Waals surface area contributed by atoms with Gasteiger partial charge in [0.1, 0.15) is 0 Å². The molecule has 0 aliphatic carbocycles. The van der Waals surface area contributed by atoms with Crippen LogP contribution in [0.2, 0.25) is 0 Å². The van der Waals surface area contributed by atoms with Crippen LogP contribution in [0.5, 0.6) is 0 Å². The van der Waals surface area contributed by atoms with E-state index >= 15 is 0 Å². The molecule has 1 heterocycles. The average Bonchev–Trinajstić information content (AvgIpc) is 2.48. The summed E-state index contributed by atoms with van der Waals surface area (Å²) in [6, 6.07) is 15.0. The number of aromatic nitrogens is 1. The lowest BCUT2D eigenvalue weighted by molar-refractivity contribution is 0.821. The van der Waals surface area contributed by atoms with Crippen LogP contribution < -0.4 is 5.43 Å². The molecule has 0 bridgehead atoms. The van der Waals surface area contributed by atoms with Gasteiger partial charge in [0, 0.05) is 17.3 Å². The minimum atomic E-state index is -0.00704. The van der Waals surface area contributed by atoms with Crippen LogP contribution in [-0.2, 0) is 6.54 Å². The van der Waals surface area contributed by atoms with Gasteiger partial charge in [0.25, 0.3) is 0 Å². The summed E-state index contributed by atoms with van der Waals surface area (Å²) < 4.78 is 2.10. The molecule has 0 fully saturated rings. The minimum absolute atomic E-state index is 0.00704. The van der Waals surface area contributed by atoms with Crippen LogP contribution in [0.15, 0.2) is 47.3 Å². The Balaban J connectivity index is 2.62. The van der Waals surface area contributed by atoms with E-state index in [4.69, 9.17) is 5.26 Å². The van der Waals surface area contributed by atoms with Gasteiger partial charge in [-0.3, -0.25) is 4.79 Å². The first kappa shape index (κ1) is 11.5. The van der Waals surface area contributed by atoms with Crippen LogP contribution in [0.4, 0.5) is 0 Å². The fourth-order valence-electron chi connectivity index (χ4n) is 2.54. The fourth-order valence-corrected chi connectivity index (χ4v) is 2.54. The molecule has 0 unspecified atom stereocenters. The van der Waals surface area contributed by atoms with E-state index in [-0.39, 0.29) is 5.43 Å². The van der Waals surface area contributed by atoms with Crippen LogP contribution in [0.25, 0.3) is 21.8 Å². The zero-order chi connectivity index (χ0) is 13.4. The van der Waals surface area contributed by atoms with Crippen molar-refractivity contribution in [2.75, 3.05) is 0 Å². The van der Waals surface area contributed by atoms with E-state index in [1.54, 1.807) is 12.1 Å². The van der Waals surface area contributed by atoms with Crippen LogP contribution in [0, 0.1) is 11.3 Å². The van der Waals surface area contributed by atoms with Gasteiger partial charge < -0.3 is 4.57 Å². The van der Waals surface area contributed by atoms with E-state index in [0.29, 0.717) is 16.3 Å². The predicted octanol–water partition coefficient (Wildman–Crippen LogP) is 3.05. The highest BCUT2D eigenvalue weighted by Crippen LogP contribution is 2.20. The van der Waals surface area contributed by atoms with Crippen molar-refractivity contribution in [3.8, 4) is 6.07 Å². The Labute approximate surface area is 110 Å². The Morgan fingerprint density at radius 1 is 1.11 bits per heavy atom. The minimum Gasteiger partial charge on any atom is -0.341 e. The van der Waals surface area contributed by atoms with Crippen LogP contribution >= 0.6 is 0 Å². The third kappa shape index (κ3) is 1.61. The van der Waals surface area contributed by atoms with E-state index in [9.17, 15) is 4.79 Å². The third-order valence-corrected chi connectivity index (χ3v) is 3.42. The van der Waals surface area contributed by atoms with Crippen molar-refractivity contribution in [2.24, 2.45) is 0 Å². The summed E-state index contributed by atoms with van der Waals surface area (Å²) in [6.45, 7) is 2.83. The number of fused-ring (bicyclic) bond motifs is 2. The Hall–Kier alpha value is -2.60. The maximum absolute atomic E-state index is 12.5. The predicted molar refractivity (Wildman–Crippen MR) is 76.1 cm³/mol. The van der Waals surface area contributed by atoms with E-state index < -0.39 is 0 Å². The second-order valence-electron chi connectivity index (χ2n) is 4.43. The standard InChI is InChI=1S/C16H12N2O/c1-2-18-14-6-4-3-5-12(14)16(19)13-9-11(10-17)7-8-15(13)18/h3-9H,2H2,1H3. The first-order valence-electron chi connectivity index (χ1n) is 6.21. The van der Waals surface area contributed by atoms with Crippen molar-refractivity contribution in [1.29, 1.82) is 5.26 Å². The van der Waals surface area contributed by atoms with E-state index in [2.05, 4.69) is 17.6 Å². The maximum atomic E-state index is 12.5. The van der Waals surface area contributed by atoms with Gasteiger partial charge in [-0.2, -0.15) is 5.26 Å². The fraction of sp³-hybridized carbons (Fsp3) is 0.125. The van der Waals surface area contributed by atoms with Crippen molar-refractivity contribution in [2.45, 2.75) is 13.5 Å². The molecular formula is C16H12N2O. The molecular weight excluding hydrogens is 236 g/mol. The molecule has 3 aromatic rings. The molecule has 1 aromatic heterocycles. The Morgan fingerprint density at radius 3 is 2.58 bits per heavy atom. The molecule has 0 saturated heterocycles. The van der Waals surface area contributed by atoms with Crippen molar-refractivity contribution in [1.82, 2.24) is 4.57 Å². The molecule has 0 radical (unpaired) electrons. The normalized spacial score (nSPS) is 10.7. The Kier molecular flexibility index (Phi) is 2.57. The number of aryl methyl sites for hydroxylation is 1. The van der Waals surface area contributed by atoms with Gasteiger partial charge in [0.15, 0.2) is 5.43 Å². The highest BCUT2D eigenvalue weighted by Gasteiger charge is 2.09. The zero-order valence-electron chi connectivity index (χ0n) is 10.6. The molecule has 0 N–H and O–H groups in total. The van der Waals surface area contributed by atoms with Crippen LogP contribution in [0.3, 0.4) is 0 Å². The van der Waals surface area contributed by atoms with Gasteiger partial charge in [-0.05, 0) is 37.3 Å². The van der Waals surface area contributed by atoms with Crippen LogP contribution in [0.1, 0.15) is 12.5 Å². The smallest absolute Gasteiger partial charge is 0.197 e. The highest BCUT2D eigenvalue weighted by molar-refractivity contribution is 5.93. The Bertz CT molecular complexity index is 885. The quantitative estimate of drug-likeness (QED) is 0.621. The number of rotatable bonds is 1. The molecule has 0 amide bonds. The van der Waals surface area contributed by atoms with Gasteiger partial charge in [-0.25, -0.2) is 0 Å². The number of nitriles is 1. The second-order valence-corrected chi connectivity index (χ2v) is 4.43. The largest absolute Gasteiger partial charge is 0.341 e. The number of hydrogen-bond donors (Lipinski definition) is 0. The van der Waals surface area contributed by atoms with Gasteiger partial charge in [0.05, 0.1) is 22.7 Å². The molecule has 92 valence electrons. The molecule has 3 nitrogen and oxygen atoms in total. The van der Waals surface area contributed by atoms with E-state index in [1.807, 2.05) is 30.3 Å². The van der Waals surface area contributed by atoms with Gasteiger partial charge in [-0.1, -0.05) is 12.1 Å². The lowest BCUT2D eigenvalue weighted by Gasteiger charge is -2.13. The van der Waals surface area contributed by atoms with Crippen molar-refractivity contribution >= 4 is 21.8 Å². The summed E-state index contributed by atoms with van der Waals surface area (Å²) in [5.74, 6) is 0. The topological polar surface area (TPSA) is 45.8 Å². The van der Waals surface area contributed by atoms with Crippen LogP contribution in [-0.4, -0.2) is 4.57 Å².